The van der Waals surface area contributed by atoms with E-state index in [9.17, 15) is 0 Å². The summed E-state index contributed by atoms with van der Waals surface area (Å²) >= 11 is 0. The Morgan fingerprint density at radius 2 is 1.50 bits per heavy atom. The van der Waals surface area contributed by atoms with Crippen LogP contribution in [0.3, 0.4) is 0 Å². The number of rotatable bonds is 3. The van der Waals surface area contributed by atoms with Gasteiger partial charge in [0, 0.05) is 16.5 Å². The lowest BCUT2D eigenvalue weighted by Crippen LogP contribution is -2.03. The minimum atomic E-state index is 0.307. The van der Waals surface area contributed by atoms with E-state index in [2.05, 4.69) is 67.8 Å². The van der Waals surface area contributed by atoms with E-state index < -0.39 is 0 Å². The topological polar surface area (TPSA) is 0 Å². The fraction of sp³-hybridized carbons (Fsp3) is 0.200. The fourth-order valence-electron chi connectivity index (χ4n) is 1.68. The van der Waals surface area contributed by atoms with E-state index in [0.29, 0.717) is 10.9 Å². The van der Waals surface area contributed by atoms with Crippen LogP contribution in [0.1, 0.15) is 11.1 Å². The molecule has 0 amide bonds. The first-order chi connectivity index (χ1) is 7.75. The van der Waals surface area contributed by atoms with Gasteiger partial charge in [-0.25, -0.2) is 0 Å². The maximum absolute atomic E-state index is 2.32. The molecular formula is C15H17S+. The van der Waals surface area contributed by atoms with Gasteiger partial charge in [0.05, 0.1) is 0 Å². The molecular weight excluding hydrogens is 212 g/mol. The molecule has 2 aromatic carbocycles. The highest BCUT2D eigenvalue weighted by molar-refractivity contribution is 7.95. The average molecular weight is 229 g/mol. The highest BCUT2D eigenvalue weighted by atomic mass is 32.2. The molecule has 1 unspecified atom stereocenters. The normalized spacial score (nSPS) is 12.4. The highest BCUT2D eigenvalue weighted by Gasteiger charge is 2.15. The van der Waals surface area contributed by atoms with Gasteiger partial charge in [0.1, 0.15) is 12.0 Å². The van der Waals surface area contributed by atoms with Crippen molar-refractivity contribution in [3.05, 3.63) is 65.7 Å². The van der Waals surface area contributed by atoms with Crippen LogP contribution < -0.4 is 0 Å². The molecule has 82 valence electrons. The van der Waals surface area contributed by atoms with E-state index in [1.165, 1.54) is 16.0 Å². The van der Waals surface area contributed by atoms with E-state index in [4.69, 9.17) is 0 Å². The molecule has 2 rings (SSSR count). The Balaban J connectivity index is 2.09. The number of hydrogen-bond acceptors (Lipinski definition) is 0. The van der Waals surface area contributed by atoms with Crippen molar-refractivity contribution in [1.29, 1.82) is 0 Å². The van der Waals surface area contributed by atoms with Gasteiger partial charge < -0.3 is 0 Å². The lowest BCUT2D eigenvalue weighted by Gasteiger charge is -2.03. The average Bonchev–Trinajstić information content (AvgIpc) is 2.31. The number of benzene rings is 2. The van der Waals surface area contributed by atoms with Crippen LogP contribution in [0.25, 0.3) is 0 Å². The zero-order valence-electron chi connectivity index (χ0n) is 9.81. The molecule has 2 aromatic rings. The first-order valence-electron chi connectivity index (χ1n) is 5.49. The van der Waals surface area contributed by atoms with E-state index >= 15 is 0 Å². The van der Waals surface area contributed by atoms with Gasteiger partial charge in [0.2, 0.25) is 0 Å². The summed E-state index contributed by atoms with van der Waals surface area (Å²) < 4.78 is 0. The second-order valence-electron chi connectivity index (χ2n) is 4.08. The predicted molar refractivity (Wildman–Crippen MR) is 72.9 cm³/mol. The molecule has 1 atom stereocenters. The molecule has 0 radical (unpaired) electrons. The summed E-state index contributed by atoms with van der Waals surface area (Å²) in [5.41, 5.74) is 2.76. The van der Waals surface area contributed by atoms with Crippen LogP contribution in [0, 0.1) is 6.92 Å². The molecule has 0 fully saturated rings. The molecule has 0 saturated carbocycles. The molecule has 1 heteroatoms. The highest BCUT2D eigenvalue weighted by Crippen LogP contribution is 2.17. The Kier molecular flexibility index (Phi) is 3.68. The van der Waals surface area contributed by atoms with Gasteiger partial charge in [-0.3, -0.25) is 0 Å². The SMILES string of the molecule is Cc1ccc([S+](C)Cc2ccccc2)cc1. The smallest absolute Gasteiger partial charge is 0.0622 e. The third-order valence-electron chi connectivity index (χ3n) is 2.65. The first kappa shape index (κ1) is 11.3. The second kappa shape index (κ2) is 5.22. The van der Waals surface area contributed by atoms with Gasteiger partial charge in [-0.05, 0) is 19.1 Å². The van der Waals surface area contributed by atoms with Gasteiger partial charge >= 0.3 is 0 Å². The Hall–Kier alpha value is -1.21. The third-order valence-corrected chi connectivity index (χ3v) is 4.49. The molecule has 16 heavy (non-hydrogen) atoms. The largest absolute Gasteiger partial charge is 0.154 e. The van der Waals surface area contributed by atoms with Crippen molar-refractivity contribution >= 4 is 10.9 Å². The first-order valence-corrected chi connectivity index (χ1v) is 7.29. The standard InChI is InChI=1S/C15H17S/c1-13-8-10-15(11-9-13)16(2)12-14-6-4-3-5-7-14/h3-11H,12H2,1-2H3/q+1. The molecule has 0 saturated heterocycles. The van der Waals surface area contributed by atoms with Crippen molar-refractivity contribution in [2.45, 2.75) is 17.6 Å². The van der Waals surface area contributed by atoms with Crippen molar-refractivity contribution in [2.75, 3.05) is 6.26 Å². The molecule has 0 N–H and O–H groups in total. The lowest BCUT2D eigenvalue weighted by molar-refractivity contribution is 1.33. The van der Waals surface area contributed by atoms with Crippen molar-refractivity contribution < 1.29 is 0 Å². The third kappa shape index (κ3) is 2.89. The molecule has 0 heterocycles. The monoisotopic (exact) mass is 229 g/mol. The van der Waals surface area contributed by atoms with Gasteiger partial charge in [0.25, 0.3) is 0 Å². The Labute approximate surface area is 101 Å². The minimum absolute atomic E-state index is 0.307. The predicted octanol–water partition coefficient (Wildman–Crippen LogP) is 3.80. The van der Waals surface area contributed by atoms with Crippen molar-refractivity contribution in [3.63, 3.8) is 0 Å². The van der Waals surface area contributed by atoms with E-state index in [1.54, 1.807) is 0 Å². The van der Waals surface area contributed by atoms with Gasteiger partial charge in [-0.2, -0.15) is 0 Å². The van der Waals surface area contributed by atoms with Gasteiger partial charge in [-0.1, -0.05) is 48.0 Å². The van der Waals surface area contributed by atoms with Gasteiger partial charge in [-0.15, -0.1) is 0 Å². The summed E-state index contributed by atoms with van der Waals surface area (Å²) in [6, 6.07) is 19.6. The van der Waals surface area contributed by atoms with E-state index in [-0.39, 0.29) is 0 Å². The number of aryl methyl sites for hydroxylation is 1. The molecule has 0 bridgehead atoms. The van der Waals surface area contributed by atoms with Crippen molar-refractivity contribution in [1.82, 2.24) is 0 Å². The lowest BCUT2D eigenvalue weighted by atomic mass is 10.2. The summed E-state index contributed by atoms with van der Waals surface area (Å²) in [5, 5.41) is 0. The van der Waals surface area contributed by atoms with Crippen LogP contribution in [-0.4, -0.2) is 6.26 Å². The van der Waals surface area contributed by atoms with Crippen LogP contribution in [0.15, 0.2) is 59.5 Å². The van der Waals surface area contributed by atoms with Crippen molar-refractivity contribution in [3.8, 4) is 0 Å². The molecule has 0 nitrogen and oxygen atoms in total. The second-order valence-corrected chi connectivity index (χ2v) is 6.11. The molecule has 0 aliphatic carbocycles. The van der Waals surface area contributed by atoms with Crippen LogP contribution in [0.4, 0.5) is 0 Å². The van der Waals surface area contributed by atoms with Crippen molar-refractivity contribution in [2.24, 2.45) is 0 Å². The Morgan fingerprint density at radius 1 is 0.875 bits per heavy atom. The van der Waals surface area contributed by atoms with Gasteiger partial charge in [0.15, 0.2) is 4.90 Å². The fourth-order valence-corrected chi connectivity index (χ4v) is 3.14. The van der Waals surface area contributed by atoms with Crippen LogP contribution in [-0.2, 0) is 16.6 Å². The summed E-state index contributed by atoms with van der Waals surface area (Å²) in [5.74, 6) is 1.14. The van der Waals surface area contributed by atoms with E-state index in [1.807, 2.05) is 0 Å². The summed E-state index contributed by atoms with van der Waals surface area (Å²) in [4.78, 5) is 1.45. The maximum atomic E-state index is 2.32. The quantitative estimate of drug-likeness (QED) is 0.702. The summed E-state index contributed by atoms with van der Waals surface area (Å²) in [6.07, 6.45) is 2.32. The summed E-state index contributed by atoms with van der Waals surface area (Å²) in [7, 11) is 0.307. The zero-order chi connectivity index (χ0) is 11.4. The Bertz CT molecular complexity index is 431. The minimum Gasteiger partial charge on any atom is -0.0622 e. The van der Waals surface area contributed by atoms with Crippen LogP contribution in [0.5, 0.6) is 0 Å². The maximum Gasteiger partial charge on any atom is 0.154 e. The number of hydrogen-bond donors (Lipinski definition) is 0. The van der Waals surface area contributed by atoms with Crippen LogP contribution >= 0.6 is 0 Å². The molecule has 0 spiro atoms. The zero-order valence-corrected chi connectivity index (χ0v) is 10.6. The molecule has 0 aliphatic heterocycles. The summed E-state index contributed by atoms with van der Waals surface area (Å²) in [6.45, 7) is 2.13. The van der Waals surface area contributed by atoms with E-state index in [0.717, 1.165) is 5.75 Å². The molecule has 0 aliphatic rings. The molecule has 0 aromatic heterocycles. The van der Waals surface area contributed by atoms with Crippen LogP contribution in [0.2, 0.25) is 0 Å². The Morgan fingerprint density at radius 3 is 2.12 bits per heavy atom.